The number of amides is 1. The van der Waals surface area contributed by atoms with Crippen LogP contribution in [0.15, 0.2) is 17.1 Å². The van der Waals surface area contributed by atoms with Gasteiger partial charge in [0, 0.05) is 13.5 Å². The van der Waals surface area contributed by atoms with E-state index in [0.29, 0.717) is 6.42 Å². The first-order chi connectivity index (χ1) is 8.52. The highest BCUT2D eigenvalue weighted by molar-refractivity contribution is 7.16. The van der Waals surface area contributed by atoms with Crippen LogP contribution in [-0.2, 0) is 11.8 Å². The first-order valence-corrected chi connectivity index (χ1v) is 6.99. The van der Waals surface area contributed by atoms with Gasteiger partial charge in [0.2, 0.25) is 5.91 Å². The zero-order chi connectivity index (χ0) is 13.3. The Labute approximate surface area is 111 Å². The monoisotopic (exact) mass is 262 g/mol. The molecule has 0 fully saturated rings. The topological polar surface area (TPSA) is 34.4 Å². The van der Waals surface area contributed by atoms with Crippen LogP contribution in [0.1, 0.15) is 30.9 Å². The molecule has 0 aliphatic rings. The number of hydrogen-bond donors (Lipinski definition) is 0. The maximum atomic E-state index is 11.6. The van der Waals surface area contributed by atoms with Crippen molar-refractivity contribution in [3.8, 4) is 0 Å². The minimum absolute atomic E-state index is 0.0333. The highest BCUT2D eigenvalue weighted by Crippen LogP contribution is 2.22. The van der Waals surface area contributed by atoms with Crippen molar-refractivity contribution in [3.63, 3.8) is 0 Å². The molecule has 0 aliphatic heterocycles. The molecule has 1 heterocycles. The van der Waals surface area contributed by atoms with E-state index in [1.165, 1.54) is 21.3 Å². The lowest BCUT2D eigenvalue weighted by molar-refractivity contribution is -0.118. The van der Waals surface area contributed by atoms with Gasteiger partial charge in [0.15, 0.2) is 4.80 Å². The molecule has 0 saturated heterocycles. The lowest BCUT2D eigenvalue weighted by Gasteiger charge is -2.01. The van der Waals surface area contributed by atoms with Gasteiger partial charge in [-0.2, -0.15) is 4.99 Å². The Morgan fingerprint density at radius 1 is 1.39 bits per heavy atom. The first kappa shape index (κ1) is 13.0. The van der Waals surface area contributed by atoms with E-state index in [2.05, 4.69) is 31.0 Å². The number of benzene rings is 1. The summed E-state index contributed by atoms with van der Waals surface area (Å²) < 4.78 is 3.21. The minimum atomic E-state index is -0.0333. The van der Waals surface area contributed by atoms with Gasteiger partial charge < -0.3 is 4.57 Å². The molecular formula is C14H18N2OS. The Balaban J connectivity index is 2.64. The summed E-state index contributed by atoms with van der Waals surface area (Å²) in [6.45, 7) is 6.18. The number of carbonyl (C=O) groups excluding carboxylic acids is 1. The predicted molar refractivity (Wildman–Crippen MR) is 75.7 cm³/mol. The zero-order valence-corrected chi connectivity index (χ0v) is 12.1. The first-order valence-electron chi connectivity index (χ1n) is 6.17. The van der Waals surface area contributed by atoms with Crippen molar-refractivity contribution in [1.29, 1.82) is 0 Å². The van der Waals surface area contributed by atoms with Crippen molar-refractivity contribution in [2.24, 2.45) is 12.0 Å². The standard InChI is InChI=1S/C14H18N2OS/c1-5-6-12(17)15-14-16(4)13-10(3)7-9(2)8-11(13)18-14/h7-8H,5-6H2,1-4H3. The number of rotatable bonds is 2. The largest absolute Gasteiger partial charge is 0.319 e. The molecule has 1 amide bonds. The Morgan fingerprint density at radius 2 is 2.11 bits per heavy atom. The van der Waals surface area contributed by atoms with Crippen molar-refractivity contribution in [1.82, 2.24) is 4.57 Å². The molecule has 2 aromatic rings. The molecule has 96 valence electrons. The highest BCUT2D eigenvalue weighted by atomic mass is 32.1. The maximum Gasteiger partial charge on any atom is 0.248 e. The third-order valence-corrected chi connectivity index (χ3v) is 4.00. The third-order valence-electron chi connectivity index (χ3n) is 2.92. The molecule has 4 heteroatoms. The van der Waals surface area contributed by atoms with E-state index < -0.39 is 0 Å². The molecule has 2 rings (SSSR count). The van der Waals surface area contributed by atoms with E-state index in [1.54, 1.807) is 11.3 Å². The van der Waals surface area contributed by atoms with Crippen LogP contribution in [0.2, 0.25) is 0 Å². The van der Waals surface area contributed by atoms with Crippen LogP contribution in [0, 0.1) is 13.8 Å². The van der Waals surface area contributed by atoms with Gasteiger partial charge in [-0.25, -0.2) is 0 Å². The van der Waals surface area contributed by atoms with Crippen LogP contribution < -0.4 is 4.80 Å². The van der Waals surface area contributed by atoms with Gasteiger partial charge in [0.25, 0.3) is 0 Å². The summed E-state index contributed by atoms with van der Waals surface area (Å²) >= 11 is 1.58. The van der Waals surface area contributed by atoms with Crippen LogP contribution in [0.3, 0.4) is 0 Å². The Hall–Kier alpha value is -1.42. The summed E-state index contributed by atoms with van der Waals surface area (Å²) in [7, 11) is 1.97. The fourth-order valence-corrected chi connectivity index (χ4v) is 3.38. The van der Waals surface area contributed by atoms with Crippen LogP contribution in [0.25, 0.3) is 10.2 Å². The average molecular weight is 262 g/mol. The lowest BCUT2D eigenvalue weighted by atomic mass is 10.1. The molecule has 18 heavy (non-hydrogen) atoms. The van der Waals surface area contributed by atoms with E-state index in [-0.39, 0.29) is 5.91 Å². The summed E-state index contributed by atoms with van der Waals surface area (Å²) in [6.07, 6.45) is 1.36. The van der Waals surface area contributed by atoms with E-state index in [4.69, 9.17) is 0 Å². The van der Waals surface area contributed by atoms with Crippen molar-refractivity contribution >= 4 is 27.5 Å². The van der Waals surface area contributed by atoms with Gasteiger partial charge >= 0.3 is 0 Å². The molecule has 0 N–H and O–H groups in total. The molecule has 3 nitrogen and oxygen atoms in total. The summed E-state index contributed by atoms with van der Waals surface area (Å²) in [5.74, 6) is -0.0333. The zero-order valence-electron chi connectivity index (χ0n) is 11.3. The van der Waals surface area contributed by atoms with Crippen LogP contribution in [0.5, 0.6) is 0 Å². The van der Waals surface area contributed by atoms with Crippen LogP contribution in [0.4, 0.5) is 0 Å². The van der Waals surface area contributed by atoms with Gasteiger partial charge in [-0.1, -0.05) is 24.3 Å². The second-order valence-corrected chi connectivity index (χ2v) is 5.64. The molecule has 0 atom stereocenters. The minimum Gasteiger partial charge on any atom is -0.319 e. The molecule has 1 aromatic heterocycles. The number of thiazole rings is 1. The molecule has 0 bridgehead atoms. The van der Waals surface area contributed by atoms with Gasteiger partial charge in [0.05, 0.1) is 10.2 Å². The highest BCUT2D eigenvalue weighted by Gasteiger charge is 2.07. The van der Waals surface area contributed by atoms with Gasteiger partial charge in [-0.3, -0.25) is 4.79 Å². The molecule has 0 radical (unpaired) electrons. The number of aromatic nitrogens is 1. The van der Waals surface area contributed by atoms with Gasteiger partial charge in [-0.15, -0.1) is 0 Å². The number of fused-ring (bicyclic) bond motifs is 1. The smallest absolute Gasteiger partial charge is 0.248 e. The Morgan fingerprint density at radius 3 is 2.78 bits per heavy atom. The van der Waals surface area contributed by atoms with E-state index in [9.17, 15) is 4.79 Å². The molecule has 0 unspecified atom stereocenters. The van der Waals surface area contributed by atoms with Gasteiger partial charge in [0.1, 0.15) is 0 Å². The van der Waals surface area contributed by atoms with E-state index in [1.807, 2.05) is 18.5 Å². The summed E-state index contributed by atoms with van der Waals surface area (Å²) in [6, 6.07) is 4.31. The molecule has 1 aromatic carbocycles. The normalized spacial score (nSPS) is 12.3. The fraction of sp³-hybridized carbons (Fsp3) is 0.429. The van der Waals surface area contributed by atoms with Crippen molar-refractivity contribution in [3.05, 3.63) is 28.1 Å². The average Bonchev–Trinajstić information content (AvgIpc) is 2.55. The summed E-state index contributed by atoms with van der Waals surface area (Å²) in [5.41, 5.74) is 3.65. The summed E-state index contributed by atoms with van der Waals surface area (Å²) in [4.78, 5) is 16.6. The van der Waals surface area contributed by atoms with E-state index >= 15 is 0 Å². The fourth-order valence-electron chi connectivity index (χ4n) is 2.17. The van der Waals surface area contributed by atoms with Crippen molar-refractivity contribution in [2.45, 2.75) is 33.6 Å². The number of carbonyl (C=O) groups is 1. The number of aryl methyl sites for hydroxylation is 3. The lowest BCUT2D eigenvalue weighted by Crippen LogP contribution is -2.13. The van der Waals surface area contributed by atoms with Crippen molar-refractivity contribution in [2.75, 3.05) is 0 Å². The third kappa shape index (κ3) is 2.38. The SMILES string of the molecule is CCCC(=O)N=c1sc2cc(C)cc(C)c2n1C. The second-order valence-electron chi connectivity index (χ2n) is 4.63. The maximum absolute atomic E-state index is 11.6. The molecular weight excluding hydrogens is 244 g/mol. The Bertz CT molecular complexity index is 664. The molecule has 0 spiro atoms. The number of nitrogens with zero attached hydrogens (tertiary/aromatic N) is 2. The van der Waals surface area contributed by atoms with Crippen LogP contribution in [-0.4, -0.2) is 10.5 Å². The Kier molecular flexibility index (Phi) is 3.66. The molecule has 0 aliphatic carbocycles. The van der Waals surface area contributed by atoms with Crippen LogP contribution >= 0.6 is 11.3 Å². The van der Waals surface area contributed by atoms with Crippen molar-refractivity contribution < 1.29 is 4.79 Å². The second kappa shape index (κ2) is 5.06. The summed E-state index contributed by atoms with van der Waals surface area (Å²) in [5, 5.41) is 0. The molecule has 0 saturated carbocycles. The van der Waals surface area contributed by atoms with Gasteiger partial charge in [-0.05, 0) is 37.5 Å². The quantitative estimate of drug-likeness (QED) is 0.819. The number of hydrogen-bond acceptors (Lipinski definition) is 2. The predicted octanol–water partition coefficient (Wildman–Crippen LogP) is 3.08. The van der Waals surface area contributed by atoms with E-state index in [0.717, 1.165) is 11.2 Å².